The number of furan rings is 4. The minimum absolute atomic E-state index is 0.0651. The summed E-state index contributed by atoms with van der Waals surface area (Å²) < 4.78 is 27.2. The molecule has 0 unspecified atom stereocenters. The summed E-state index contributed by atoms with van der Waals surface area (Å²) in [7, 11) is 0. The highest BCUT2D eigenvalue weighted by Crippen LogP contribution is 2.45. The minimum atomic E-state index is 0.0651. The van der Waals surface area contributed by atoms with E-state index in [0.717, 1.165) is 44.7 Å². The molecule has 0 saturated heterocycles. The molecule has 0 spiro atoms. The fourth-order valence-electron chi connectivity index (χ4n) is 15.8. The van der Waals surface area contributed by atoms with Crippen LogP contribution in [0, 0.1) is 0 Å². The van der Waals surface area contributed by atoms with Crippen molar-refractivity contribution in [3.63, 3.8) is 0 Å². The summed E-state index contributed by atoms with van der Waals surface area (Å²) in [6.45, 7) is 33.7. The van der Waals surface area contributed by atoms with E-state index in [2.05, 4.69) is 413 Å². The number of hydrogen-bond donors (Lipinski definition) is 0. The molecule has 0 bridgehead atoms. The Bertz CT molecular complexity index is 6690. The van der Waals surface area contributed by atoms with Crippen LogP contribution in [0.25, 0.3) is 164 Å². The van der Waals surface area contributed by atoms with Gasteiger partial charge in [-0.15, -0.1) is 11.3 Å². The van der Waals surface area contributed by atoms with Crippen LogP contribution in [0.15, 0.2) is 351 Å². The van der Waals surface area contributed by atoms with Crippen molar-refractivity contribution < 1.29 is 17.7 Å². The lowest BCUT2D eigenvalue weighted by Crippen LogP contribution is -2.11. The average molecular weight is 1520 g/mol. The third kappa shape index (κ3) is 16.1. The van der Waals surface area contributed by atoms with Crippen molar-refractivity contribution in [2.75, 3.05) is 0 Å². The second kappa shape index (κ2) is 30.9. The topological polar surface area (TPSA) is 52.6 Å². The smallest absolute Gasteiger partial charge is 0.139 e. The minimum Gasteiger partial charge on any atom is -0.456 e. The lowest BCUT2D eigenvalue weighted by atomic mass is 9.84. The molecule has 20 rings (SSSR count). The normalized spacial score (nSPS) is 12.1. The first-order valence-electron chi connectivity index (χ1n) is 40.2. The molecular formula is C110H100O4S. The Morgan fingerprint density at radius 3 is 1.03 bits per heavy atom. The Kier molecular flexibility index (Phi) is 20.6. The van der Waals surface area contributed by atoms with E-state index in [-0.39, 0.29) is 27.1 Å². The lowest BCUT2D eigenvalue weighted by Gasteiger charge is -2.20. The van der Waals surface area contributed by atoms with Gasteiger partial charge in [0.15, 0.2) is 0 Å². The van der Waals surface area contributed by atoms with E-state index in [4.69, 9.17) is 17.7 Å². The second-order valence-corrected chi connectivity index (χ2v) is 36.7. The SMILES string of the molecule is CC(C)(C)c1ccc2c(c1)oc1ccc(-c3ccccc3)cc12.CC(C)(C)c1ccc2oc3cc(-c4ccccc4)ccc3c2c1.CC(C)(C)c1cccc2c1oc1ccc(-c3ccccc3)cc12.CC(C)(C)c1cccc2c1sc1ccc(-c3ccccc3)cc12.CC(C)(C)c1cccc2oc3ccc(-c4ccccc4)cc3c12. The molecule has 0 amide bonds. The van der Waals surface area contributed by atoms with Gasteiger partial charge in [0, 0.05) is 68.8 Å². The van der Waals surface area contributed by atoms with Crippen LogP contribution >= 0.6 is 11.3 Å². The zero-order chi connectivity index (χ0) is 80.1. The molecular weight excluding hydrogens is 1420 g/mol. The molecule has 0 radical (unpaired) electrons. The van der Waals surface area contributed by atoms with Crippen LogP contribution in [0.1, 0.15) is 132 Å². The summed E-state index contributed by atoms with van der Waals surface area (Å²) in [6.07, 6.45) is 0. The first kappa shape index (κ1) is 76.7. The van der Waals surface area contributed by atoms with Crippen molar-refractivity contribution in [2.24, 2.45) is 0 Å². The van der Waals surface area contributed by atoms with Crippen LogP contribution < -0.4 is 0 Å². The molecule has 5 heterocycles. The average Bonchev–Trinajstić information content (AvgIpc) is 1.66. The number of para-hydroxylation sites is 1. The van der Waals surface area contributed by atoms with Crippen molar-refractivity contribution in [1.29, 1.82) is 0 Å². The van der Waals surface area contributed by atoms with Crippen molar-refractivity contribution >= 4 is 119 Å². The van der Waals surface area contributed by atoms with Crippen LogP contribution in [0.2, 0.25) is 0 Å². The fraction of sp³-hybridized carbons (Fsp3) is 0.182. The van der Waals surface area contributed by atoms with Crippen molar-refractivity contribution in [3.8, 4) is 55.6 Å². The molecule has 570 valence electrons. The van der Waals surface area contributed by atoms with Gasteiger partial charge in [-0.2, -0.15) is 0 Å². The number of rotatable bonds is 5. The standard InChI is InChI=1S/4C22H20O.C22H20S/c1-22(2,3)18-10-7-11-20-21(18)17-14-16(12-13-19(17)23-20)15-8-5-4-6-9-15;1-22(2,3)19-11-7-10-17-18-14-16(15-8-5-4-6-9-15)12-13-20(18)23-21(17)19;1-22(2,3)17-10-11-18-19-13-16(15-7-5-4-6-8-15)9-12-20(19)23-21(18)14-17;1-22(2,3)17-10-12-20-19(14-17)18-11-9-16(13-21(18)23-20)15-7-5-4-6-8-15;1-22(2,3)19-11-7-10-17-18-14-16(15-8-5-4-6-9-15)12-13-20(18)23-21(17)19/h5*4-14H,1-3H3. The Hall–Kier alpha value is -12.3. The van der Waals surface area contributed by atoms with Crippen LogP contribution in [-0.4, -0.2) is 0 Å². The molecule has 15 aromatic carbocycles. The van der Waals surface area contributed by atoms with Crippen molar-refractivity contribution in [3.05, 3.63) is 361 Å². The van der Waals surface area contributed by atoms with Gasteiger partial charge in [0.05, 0.1) is 0 Å². The maximum absolute atomic E-state index is 6.20. The third-order valence-electron chi connectivity index (χ3n) is 22.1. The maximum Gasteiger partial charge on any atom is 0.139 e. The Morgan fingerprint density at radius 2 is 0.539 bits per heavy atom. The highest BCUT2D eigenvalue weighted by molar-refractivity contribution is 7.26. The van der Waals surface area contributed by atoms with Crippen molar-refractivity contribution in [1.82, 2.24) is 0 Å². The van der Waals surface area contributed by atoms with Gasteiger partial charge in [-0.1, -0.05) is 353 Å². The molecule has 4 nitrogen and oxygen atoms in total. The fourth-order valence-corrected chi connectivity index (χ4v) is 17.2. The Morgan fingerprint density at radius 1 is 0.191 bits per heavy atom. The van der Waals surface area contributed by atoms with E-state index >= 15 is 0 Å². The second-order valence-electron chi connectivity index (χ2n) is 35.6. The monoisotopic (exact) mass is 1520 g/mol. The Labute approximate surface area is 680 Å². The molecule has 20 aromatic rings. The van der Waals surface area contributed by atoms with Crippen LogP contribution in [0.3, 0.4) is 0 Å². The molecule has 0 aliphatic heterocycles. The molecule has 0 saturated carbocycles. The van der Waals surface area contributed by atoms with Gasteiger partial charge in [-0.3, -0.25) is 0 Å². The van der Waals surface area contributed by atoms with Gasteiger partial charge in [0.2, 0.25) is 0 Å². The first-order valence-corrected chi connectivity index (χ1v) is 41.1. The lowest BCUT2D eigenvalue weighted by molar-refractivity contribution is 0.573. The predicted octanol–water partition coefficient (Wildman–Crippen LogP) is 33.2. The Balaban J connectivity index is 0.000000108. The first-order chi connectivity index (χ1) is 55.2. The number of benzene rings is 15. The van der Waals surface area contributed by atoms with Crippen LogP contribution in [-0.2, 0) is 27.1 Å². The highest BCUT2D eigenvalue weighted by Gasteiger charge is 2.25. The molecule has 0 N–H and O–H groups in total. The molecule has 0 fully saturated rings. The number of fused-ring (bicyclic) bond motifs is 15. The summed E-state index contributed by atoms with van der Waals surface area (Å²) >= 11 is 1.92. The van der Waals surface area contributed by atoms with Crippen molar-refractivity contribution in [2.45, 2.75) is 131 Å². The molecule has 0 aliphatic rings. The summed E-state index contributed by atoms with van der Waals surface area (Å²) in [4.78, 5) is 0. The van der Waals surface area contributed by atoms with E-state index in [0.29, 0.717) is 0 Å². The summed E-state index contributed by atoms with van der Waals surface area (Å²) in [6, 6.07) is 118. The van der Waals surface area contributed by atoms with Gasteiger partial charge < -0.3 is 17.7 Å². The summed E-state index contributed by atoms with van der Waals surface area (Å²) in [5.41, 5.74) is 27.3. The van der Waals surface area contributed by atoms with E-state index in [1.165, 1.54) is 147 Å². The van der Waals surface area contributed by atoms with Gasteiger partial charge in [-0.25, -0.2) is 0 Å². The van der Waals surface area contributed by atoms with Gasteiger partial charge in [-0.05, 0) is 190 Å². The molecule has 115 heavy (non-hydrogen) atoms. The number of thiophene rings is 1. The third-order valence-corrected chi connectivity index (χ3v) is 23.3. The summed E-state index contributed by atoms with van der Waals surface area (Å²) in [5, 5.41) is 12.3. The zero-order valence-electron chi connectivity index (χ0n) is 68.8. The number of hydrogen-bond acceptors (Lipinski definition) is 5. The van der Waals surface area contributed by atoms with Crippen LogP contribution in [0.5, 0.6) is 0 Å². The maximum atomic E-state index is 6.20. The van der Waals surface area contributed by atoms with E-state index in [1.54, 1.807) is 0 Å². The van der Waals surface area contributed by atoms with Gasteiger partial charge >= 0.3 is 0 Å². The van der Waals surface area contributed by atoms with Gasteiger partial charge in [0.25, 0.3) is 0 Å². The van der Waals surface area contributed by atoms with E-state index in [9.17, 15) is 0 Å². The van der Waals surface area contributed by atoms with Gasteiger partial charge in [0.1, 0.15) is 44.7 Å². The molecule has 0 aliphatic carbocycles. The largest absolute Gasteiger partial charge is 0.456 e. The van der Waals surface area contributed by atoms with Crippen LogP contribution in [0.4, 0.5) is 0 Å². The zero-order valence-corrected chi connectivity index (χ0v) is 69.6. The molecule has 5 heteroatoms. The summed E-state index contributed by atoms with van der Waals surface area (Å²) in [5.74, 6) is 0. The predicted molar refractivity (Wildman–Crippen MR) is 495 cm³/mol. The quantitative estimate of drug-likeness (QED) is 0.172. The van der Waals surface area contributed by atoms with E-state index in [1.807, 2.05) is 35.6 Å². The van der Waals surface area contributed by atoms with E-state index < -0.39 is 0 Å². The molecule has 0 atom stereocenters. The molecule has 5 aromatic heterocycles. The highest BCUT2D eigenvalue weighted by atomic mass is 32.1.